The number of rotatable bonds is 29. The number of hydrogen-bond donors (Lipinski definition) is 4. The third-order valence-corrected chi connectivity index (χ3v) is 13.0. The largest absolute Gasteiger partial charge is 0.381 e. The number of carbonyl (C=O) groups excluding carboxylic acids is 6. The Balaban J connectivity index is 1.04. The number of para-hydroxylation sites is 2. The van der Waals surface area contributed by atoms with Crippen LogP contribution in [0.15, 0.2) is 79.0 Å². The highest BCUT2D eigenvalue weighted by atomic mass is 16.5. The van der Waals surface area contributed by atoms with E-state index < -0.39 is 23.7 Å². The minimum atomic E-state index is -0.715. The summed E-state index contributed by atoms with van der Waals surface area (Å²) in [4.78, 5) is 83.0. The summed E-state index contributed by atoms with van der Waals surface area (Å²) in [7, 11) is 0. The first-order valence-electron chi connectivity index (χ1n) is 23.9. The minimum absolute atomic E-state index is 0.0350. The molecule has 0 saturated heterocycles. The van der Waals surface area contributed by atoms with Gasteiger partial charge in [0, 0.05) is 97.7 Å². The summed E-state index contributed by atoms with van der Waals surface area (Å²) >= 11 is 0. The normalized spacial score (nSPS) is 13.4. The van der Waals surface area contributed by atoms with E-state index in [2.05, 4.69) is 15.3 Å². The van der Waals surface area contributed by atoms with E-state index >= 15 is 0 Å². The maximum absolute atomic E-state index is 14.2. The zero-order valence-electron chi connectivity index (χ0n) is 38.8. The number of carbonyl (C=O) groups is 6. The van der Waals surface area contributed by atoms with Gasteiger partial charge in [-0.2, -0.15) is 0 Å². The molecule has 15 nitrogen and oxygen atoms in total. The zero-order chi connectivity index (χ0) is 47.7. The number of aromatic amines is 1. The van der Waals surface area contributed by atoms with Gasteiger partial charge in [0.15, 0.2) is 0 Å². The number of primary amides is 2. The van der Waals surface area contributed by atoms with E-state index in [4.69, 9.17) is 21.9 Å². The monoisotopic (exact) mass is 915 g/mol. The second kappa shape index (κ2) is 25.0. The Kier molecular flexibility index (Phi) is 18.7. The van der Waals surface area contributed by atoms with E-state index in [1.165, 1.54) is 0 Å². The number of ketones is 3. The molecule has 3 atom stereocenters. The van der Waals surface area contributed by atoms with Crippen LogP contribution < -0.4 is 22.1 Å². The first-order valence-corrected chi connectivity index (χ1v) is 23.9. The molecule has 0 aliphatic carbocycles. The number of ether oxygens (including phenoxy) is 1. The van der Waals surface area contributed by atoms with Crippen LogP contribution in [0.2, 0.25) is 0 Å². The molecule has 3 aromatic carbocycles. The van der Waals surface area contributed by atoms with Gasteiger partial charge in [-0.25, -0.2) is 4.68 Å². The number of fused-ring (bicyclic) bond motifs is 6. The van der Waals surface area contributed by atoms with Gasteiger partial charge in [-0.3, -0.25) is 28.8 Å². The Morgan fingerprint density at radius 2 is 1.42 bits per heavy atom. The summed E-state index contributed by atoms with van der Waals surface area (Å²) in [6, 6.07) is 23.1. The lowest BCUT2D eigenvalue weighted by Crippen LogP contribution is -2.32. The maximum atomic E-state index is 14.2. The minimum Gasteiger partial charge on any atom is -0.381 e. The molecule has 0 fully saturated rings. The van der Waals surface area contributed by atoms with E-state index in [-0.39, 0.29) is 74.4 Å². The molecular weight excluding hydrogens is 849 g/mol. The molecule has 1 aliphatic rings. The molecule has 7 N–H and O–H groups in total. The number of nitrogens with zero attached hydrogens (tertiary/aromatic N) is 4. The Morgan fingerprint density at radius 3 is 2.19 bits per heavy atom. The first kappa shape index (κ1) is 50.1. The van der Waals surface area contributed by atoms with Crippen molar-refractivity contribution in [3.8, 4) is 22.5 Å². The molecule has 2 aromatic heterocycles. The summed E-state index contributed by atoms with van der Waals surface area (Å²) in [5.74, 6) is -2.67. The smallest absolute Gasteiger partial charge is 0.227 e. The number of nitrogens with one attached hydrogen (secondary N) is 1. The summed E-state index contributed by atoms with van der Waals surface area (Å²) in [5.41, 5.74) is 23.5. The van der Waals surface area contributed by atoms with Gasteiger partial charge in [-0.15, -0.1) is 5.10 Å². The predicted molar refractivity (Wildman–Crippen MR) is 258 cm³/mol. The summed E-state index contributed by atoms with van der Waals surface area (Å²) < 4.78 is 7.49. The molecule has 3 heterocycles. The van der Waals surface area contributed by atoms with Crippen LogP contribution >= 0.6 is 0 Å². The van der Waals surface area contributed by atoms with E-state index in [1.54, 1.807) is 4.90 Å². The number of hydrogen-bond acceptors (Lipinski definition) is 10. The molecular formula is C52H66N8O7. The number of aromatic nitrogens is 4. The number of H-pyrrole nitrogens is 1. The Morgan fingerprint density at radius 1 is 0.731 bits per heavy atom. The van der Waals surface area contributed by atoms with Gasteiger partial charge >= 0.3 is 0 Å². The van der Waals surface area contributed by atoms with Gasteiger partial charge < -0.3 is 31.8 Å². The van der Waals surface area contributed by atoms with Crippen LogP contribution in [-0.2, 0) is 53.0 Å². The number of nitrogens with two attached hydrogens (primary N) is 3. The third kappa shape index (κ3) is 13.6. The van der Waals surface area contributed by atoms with E-state index in [0.29, 0.717) is 69.6 Å². The molecule has 0 spiro atoms. The summed E-state index contributed by atoms with van der Waals surface area (Å²) in [5, 5.41) is 10.2. The van der Waals surface area contributed by atoms with E-state index in [9.17, 15) is 28.8 Å². The van der Waals surface area contributed by atoms with Crippen LogP contribution in [-0.4, -0.2) is 74.8 Å². The van der Waals surface area contributed by atoms with Crippen molar-refractivity contribution in [3.05, 3.63) is 90.1 Å². The van der Waals surface area contributed by atoms with Crippen LogP contribution in [0.3, 0.4) is 0 Å². The topological polar surface area (TPSA) is 239 Å². The number of Topliss-reactive ketones (excluding diaryl/α,β-unsaturated/α-hetero) is 3. The maximum Gasteiger partial charge on any atom is 0.227 e. The third-order valence-electron chi connectivity index (χ3n) is 13.0. The molecule has 5 aromatic rings. The van der Waals surface area contributed by atoms with Crippen LogP contribution in [0.25, 0.3) is 33.4 Å². The lowest BCUT2D eigenvalue weighted by atomic mass is 9.92. The van der Waals surface area contributed by atoms with Crippen LogP contribution in [0.4, 0.5) is 5.69 Å². The summed E-state index contributed by atoms with van der Waals surface area (Å²) in [6.07, 6.45) is 8.42. The van der Waals surface area contributed by atoms with Crippen LogP contribution in [0.5, 0.6) is 0 Å². The molecule has 0 radical (unpaired) electrons. The van der Waals surface area contributed by atoms with Crippen molar-refractivity contribution in [2.75, 3.05) is 24.7 Å². The quantitative estimate of drug-likeness (QED) is 0.0353. The number of anilines is 1. The Hall–Kier alpha value is -6.32. The molecule has 15 heteroatoms. The Bertz CT molecular complexity index is 2490. The SMILES string of the molecule is CCC(CCCCN)C(=O)CCCOCCC(=O)CC(CCCCn1nnc2c1-c1ccccc1N(C(=O)CCC(=O)CC(Cc1c[nH]c3ccccc13)C(N)=O)Cc1ccccc1-2)C(N)=O. The molecule has 1 aliphatic heterocycles. The van der Waals surface area contributed by atoms with Crippen molar-refractivity contribution in [1.82, 2.24) is 20.0 Å². The van der Waals surface area contributed by atoms with Crippen molar-refractivity contribution in [3.63, 3.8) is 0 Å². The van der Waals surface area contributed by atoms with Gasteiger partial charge in [-0.05, 0) is 74.8 Å². The average molecular weight is 915 g/mol. The van der Waals surface area contributed by atoms with Crippen molar-refractivity contribution in [1.29, 1.82) is 0 Å². The highest BCUT2D eigenvalue weighted by molar-refractivity contribution is 6.01. The molecule has 356 valence electrons. The first-order chi connectivity index (χ1) is 32.5. The van der Waals surface area contributed by atoms with Crippen LogP contribution in [0, 0.1) is 17.8 Å². The number of amides is 3. The molecule has 6 rings (SSSR count). The fraction of sp³-hybridized carbons (Fsp3) is 0.462. The standard InChI is InChI=1S/C52H66N8O7/c1-2-35(14-9-11-26-53)47(63)22-13-28-67-29-25-41(62)31-36(51(54)65)15-10-12-27-60-50-44-19-6-8-21-46(44)59(34-37-16-3-4-18-43(37)49(50)57-58-60)48(64)24-23-40(61)32-38(52(55)66)30-39-33-56-45-20-7-5-17-42(39)45/h3-8,16-21,33,35-36,38,56H,2,9-15,22-32,34,53H2,1H3,(H2,54,65)(H2,55,66). The van der Waals surface area contributed by atoms with Gasteiger partial charge in [0.1, 0.15) is 23.0 Å². The molecule has 0 saturated carbocycles. The second-order valence-electron chi connectivity index (χ2n) is 17.7. The molecule has 67 heavy (non-hydrogen) atoms. The lowest BCUT2D eigenvalue weighted by Gasteiger charge is -2.29. The highest BCUT2D eigenvalue weighted by Crippen LogP contribution is 2.41. The van der Waals surface area contributed by atoms with Gasteiger partial charge in [0.2, 0.25) is 17.7 Å². The Labute approximate surface area is 392 Å². The van der Waals surface area contributed by atoms with Gasteiger partial charge in [0.25, 0.3) is 0 Å². The van der Waals surface area contributed by atoms with Crippen molar-refractivity contribution >= 4 is 51.7 Å². The molecule has 3 amide bonds. The number of aryl methyl sites for hydroxylation is 1. The molecule has 0 bridgehead atoms. The summed E-state index contributed by atoms with van der Waals surface area (Å²) in [6.45, 7) is 3.97. The van der Waals surface area contributed by atoms with Crippen molar-refractivity contribution in [2.24, 2.45) is 35.0 Å². The fourth-order valence-corrected chi connectivity index (χ4v) is 9.13. The lowest BCUT2D eigenvalue weighted by molar-refractivity contribution is -0.128. The van der Waals surface area contributed by atoms with E-state index in [0.717, 1.165) is 64.5 Å². The fourth-order valence-electron chi connectivity index (χ4n) is 9.13. The molecule has 3 unspecified atom stereocenters. The predicted octanol–water partition coefficient (Wildman–Crippen LogP) is 7.17. The number of unbranched alkanes of at least 4 members (excludes halogenated alkanes) is 2. The van der Waals surface area contributed by atoms with Crippen molar-refractivity contribution in [2.45, 2.75) is 116 Å². The second-order valence-corrected chi connectivity index (χ2v) is 17.7. The van der Waals surface area contributed by atoms with Crippen LogP contribution in [0.1, 0.15) is 108 Å². The van der Waals surface area contributed by atoms with Gasteiger partial charge in [0.05, 0.1) is 24.5 Å². The average Bonchev–Trinajstić information content (AvgIpc) is 3.93. The zero-order valence-corrected chi connectivity index (χ0v) is 38.8. The van der Waals surface area contributed by atoms with Crippen molar-refractivity contribution < 1.29 is 33.5 Å². The highest BCUT2D eigenvalue weighted by Gasteiger charge is 2.30. The van der Waals surface area contributed by atoms with E-state index in [1.807, 2.05) is 90.6 Å². The number of benzene rings is 3. The van der Waals surface area contributed by atoms with Gasteiger partial charge in [-0.1, -0.05) is 85.6 Å².